The van der Waals surface area contributed by atoms with Gasteiger partial charge >= 0.3 is 0 Å². The third kappa shape index (κ3) is 84.1. The summed E-state index contributed by atoms with van der Waals surface area (Å²) < 4.78 is 0. The molecular weight excluding hydrogens is 304 g/mol. The minimum Gasteiger partial charge on any atom is -1.00 e. The van der Waals surface area contributed by atoms with Gasteiger partial charge in [0.15, 0.2) is 0 Å². The third-order valence-electron chi connectivity index (χ3n) is 0.0833. The maximum atomic E-state index is 8.99. The van der Waals surface area contributed by atoms with Crippen molar-refractivity contribution in [3.8, 4) is 0 Å². The van der Waals surface area contributed by atoms with E-state index < -0.39 is 13.2 Å². The van der Waals surface area contributed by atoms with Gasteiger partial charge in [-0.05, 0) is 0 Å². The molecule has 2 radical (unpaired) electrons. The molecule has 0 fully saturated rings. The van der Waals surface area contributed by atoms with Crippen LogP contribution >= 0.6 is 0 Å². The smallest absolute Gasteiger partial charge is 0 e. The van der Waals surface area contributed by atoms with E-state index in [1.807, 2.05) is 0 Å². The normalized spacial score (nSPS) is 3.33. The van der Waals surface area contributed by atoms with Crippen LogP contribution < -0.4 is 53.6 Å². The molecule has 0 spiro atoms. The van der Waals surface area contributed by atoms with Crippen molar-refractivity contribution < 1.29 is 47.4 Å². The van der Waals surface area contributed by atoms with Gasteiger partial charge in [-0.15, -0.1) is 0 Å². The Labute approximate surface area is 90.1 Å². The average molecular weight is 312 g/mol. The Hall–Kier alpha value is 1.54. The summed E-state index contributed by atoms with van der Waals surface area (Å²) in [4.78, 5) is 0. The number of halogens is 3. The van der Waals surface area contributed by atoms with E-state index in [2.05, 4.69) is 0 Å². The zero-order chi connectivity index (χ0) is 3.41. The third-order valence-corrected chi connectivity index (χ3v) is 0.0833. The van der Waals surface area contributed by atoms with Crippen LogP contribution in [0.15, 0.2) is 0 Å². The maximum Gasteiger partial charge on any atom is 0 e. The van der Waals surface area contributed by atoms with Crippen molar-refractivity contribution >= 4 is 23.7 Å². The molecular formula is C2H8Cl3NO2Te-4. The first-order valence-corrected chi connectivity index (χ1v) is 1.08. The molecule has 0 unspecified atom stereocenters. The van der Waals surface area contributed by atoms with Gasteiger partial charge in [0.25, 0.3) is 0 Å². The second-order valence-corrected chi connectivity index (χ2v) is 0.408. The molecule has 0 saturated heterocycles. The van der Waals surface area contributed by atoms with Crippen LogP contribution in [0.4, 0.5) is 0 Å². The minimum absolute atomic E-state index is 0. The van der Waals surface area contributed by atoms with Gasteiger partial charge in [0.1, 0.15) is 0 Å². The van der Waals surface area contributed by atoms with Crippen molar-refractivity contribution in [1.82, 2.24) is 6.15 Å². The molecule has 0 rings (SSSR count). The molecule has 0 aromatic heterocycles. The Morgan fingerprint density at radius 1 is 0.778 bits per heavy atom. The summed E-state index contributed by atoms with van der Waals surface area (Å²) in [6.07, 6.45) is 0. The van der Waals surface area contributed by atoms with E-state index in [9.17, 15) is 0 Å². The number of quaternary nitrogens is 1. The fraction of sp³-hybridized carbons (Fsp3) is 1.00. The van der Waals surface area contributed by atoms with Gasteiger partial charge in [-0.3, -0.25) is 0 Å². The van der Waals surface area contributed by atoms with E-state index in [-0.39, 0.29) is 67.0 Å². The van der Waals surface area contributed by atoms with Crippen LogP contribution in [0.5, 0.6) is 0 Å². The molecule has 0 aliphatic carbocycles. The van der Waals surface area contributed by atoms with Crippen LogP contribution in [0.1, 0.15) is 0 Å². The number of hydrogen-bond acceptors (Lipinski definition) is 2. The molecule has 0 saturated carbocycles. The average Bonchev–Trinajstić information content (AvgIpc) is 1.37. The largest absolute Gasteiger partial charge is 1.00 e. The predicted octanol–water partition coefficient (Wildman–Crippen LogP) is -11.3. The van der Waals surface area contributed by atoms with Crippen molar-refractivity contribution in [2.75, 3.05) is 13.2 Å². The molecule has 7 heteroatoms. The van der Waals surface area contributed by atoms with Gasteiger partial charge in [-0.1, -0.05) is 0 Å². The number of rotatable bonds is 1. The summed E-state index contributed by atoms with van der Waals surface area (Å²) >= 11 is 0. The van der Waals surface area contributed by atoms with Gasteiger partial charge in [0.2, 0.25) is 0 Å². The van der Waals surface area contributed by atoms with Gasteiger partial charge in [-0.2, -0.15) is 13.2 Å². The van der Waals surface area contributed by atoms with Gasteiger partial charge in [0.05, 0.1) is 0 Å². The summed E-state index contributed by atoms with van der Waals surface area (Å²) in [7, 11) is 0. The quantitative estimate of drug-likeness (QED) is 0.488. The second kappa shape index (κ2) is 55.5. The van der Waals surface area contributed by atoms with Crippen molar-refractivity contribution in [2.45, 2.75) is 0 Å². The van der Waals surface area contributed by atoms with E-state index in [4.69, 9.17) is 10.2 Å². The molecule has 3 nitrogen and oxygen atoms in total. The van der Waals surface area contributed by atoms with E-state index in [1.54, 1.807) is 0 Å². The zero-order valence-corrected chi connectivity index (χ0v) is 9.37. The summed E-state index contributed by atoms with van der Waals surface area (Å²) in [6.45, 7) is -0.972. The molecule has 64 valence electrons. The molecule has 9 heavy (non-hydrogen) atoms. The Bertz CT molecular complexity index is 21.8. The molecule has 0 bridgehead atoms. The Balaban J connectivity index is -0.00000000450. The van der Waals surface area contributed by atoms with E-state index >= 15 is 0 Å². The maximum absolute atomic E-state index is 8.99. The van der Waals surface area contributed by atoms with Crippen molar-refractivity contribution in [3.05, 3.63) is 0 Å². The fourth-order valence-electron chi connectivity index (χ4n) is 0. The Morgan fingerprint density at radius 2 is 0.889 bits per heavy atom. The van der Waals surface area contributed by atoms with E-state index in [0.717, 1.165) is 0 Å². The molecule has 0 heterocycles. The van der Waals surface area contributed by atoms with E-state index in [0.29, 0.717) is 0 Å². The Morgan fingerprint density at radius 3 is 0.889 bits per heavy atom. The molecule has 0 aromatic rings. The Kier molecular flexibility index (Phi) is 287. The van der Waals surface area contributed by atoms with Crippen LogP contribution in [-0.2, 0) is 0 Å². The second-order valence-electron chi connectivity index (χ2n) is 0.408. The monoisotopic (exact) mass is 313 g/mol. The summed E-state index contributed by atoms with van der Waals surface area (Å²) in [5.74, 6) is 0. The minimum atomic E-state index is -0.486. The van der Waals surface area contributed by atoms with E-state index in [1.165, 1.54) is 0 Å². The van der Waals surface area contributed by atoms with Gasteiger partial charge < -0.3 is 53.6 Å². The molecule has 0 aliphatic rings. The first kappa shape index (κ1) is 46.5. The first-order chi connectivity index (χ1) is 1.91. The van der Waals surface area contributed by atoms with Crippen LogP contribution in [0.3, 0.4) is 0 Å². The summed E-state index contributed by atoms with van der Waals surface area (Å²) in [6, 6.07) is 0. The molecule has 0 aliphatic heterocycles. The molecule has 4 N–H and O–H groups in total. The molecule has 0 atom stereocenters. The van der Waals surface area contributed by atoms with Crippen LogP contribution in [0, 0.1) is 0 Å². The molecule has 0 amide bonds. The molecule has 0 aromatic carbocycles. The van der Waals surface area contributed by atoms with Gasteiger partial charge in [0, 0.05) is 23.7 Å². The predicted molar refractivity (Wildman–Crippen MR) is 21.5 cm³/mol. The topological polar surface area (TPSA) is 82.6 Å². The van der Waals surface area contributed by atoms with Crippen LogP contribution in [0.25, 0.3) is 0 Å². The number of hydrogen-bond donors (Lipinski definition) is 1. The van der Waals surface area contributed by atoms with Crippen molar-refractivity contribution in [2.24, 2.45) is 0 Å². The zero-order valence-electron chi connectivity index (χ0n) is 4.77. The van der Waals surface area contributed by atoms with Crippen LogP contribution in [0.2, 0.25) is 0 Å². The SMILES string of the molecule is [Cl-].[Cl-].[Cl-].[NH4+].[O-]CC[O-].[Te]. The fourth-order valence-corrected chi connectivity index (χ4v) is 0. The first-order valence-electron chi connectivity index (χ1n) is 1.08. The van der Waals surface area contributed by atoms with Gasteiger partial charge in [-0.25, -0.2) is 0 Å². The summed E-state index contributed by atoms with van der Waals surface area (Å²) in [5, 5.41) is 18.0. The van der Waals surface area contributed by atoms with Crippen molar-refractivity contribution in [1.29, 1.82) is 0 Å². The standard InChI is InChI=1S/C2H4O2.3ClH.H3N.Te/c3-1-2-4;;;;;/h1-2H2;3*1H;1H3;/q-2;;;;;/p-2. The van der Waals surface area contributed by atoms with Crippen LogP contribution in [-0.4, -0.2) is 36.9 Å². The van der Waals surface area contributed by atoms with Crippen molar-refractivity contribution in [3.63, 3.8) is 0 Å². The summed E-state index contributed by atoms with van der Waals surface area (Å²) in [5.41, 5.74) is 0.